The first-order chi connectivity index (χ1) is 21.4. The molecule has 3 aromatic carbocycles. The molecule has 3 aromatic rings. The lowest BCUT2D eigenvalue weighted by Crippen LogP contribution is -2.70. The van der Waals surface area contributed by atoms with E-state index in [0.717, 1.165) is 0 Å². The van der Waals surface area contributed by atoms with Crippen molar-refractivity contribution in [3.63, 3.8) is 0 Å². The van der Waals surface area contributed by atoms with Crippen LogP contribution in [0.15, 0.2) is 76.5 Å². The van der Waals surface area contributed by atoms with Gasteiger partial charge in [-0.2, -0.15) is 0 Å². The summed E-state index contributed by atoms with van der Waals surface area (Å²) in [7, 11) is 22.9. The Labute approximate surface area is 281 Å². The summed E-state index contributed by atoms with van der Waals surface area (Å²) >= 11 is 0. The molecule has 248 valence electrons. The number of rotatable bonds is 10. The highest BCUT2D eigenvalue weighted by Crippen LogP contribution is 2.43. The van der Waals surface area contributed by atoms with Gasteiger partial charge in [-0.05, 0) is 102 Å². The molecule has 0 amide bonds. The molecule has 0 N–H and O–H groups in total. The fraction of sp³-hybridized carbons (Fsp3) is 0.436. The Hall–Kier alpha value is -3.84. The Morgan fingerprint density at radius 1 is 0.391 bits per heavy atom. The van der Waals surface area contributed by atoms with Crippen LogP contribution in [0.4, 0.5) is 34.1 Å². The second-order valence-corrected chi connectivity index (χ2v) is 18.2. The highest BCUT2D eigenvalue weighted by molar-refractivity contribution is 7.16. The predicted octanol–water partition coefficient (Wildman–Crippen LogP) is 5.39. The largest absolute Gasteiger partial charge is 0.378 e. The molecule has 0 aromatic heterocycles. The lowest BCUT2D eigenvalue weighted by molar-refractivity contribution is 0.851. The number of hydrogen-bond donors (Lipinski definition) is 0. The summed E-state index contributed by atoms with van der Waals surface area (Å²) in [6.07, 6.45) is 0. The van der Waals surface area contributed by atoms with E-state index < -0.39 is 8.07 Å². The number of benzene rings is 3. The van der Waals surface area contributed by atoms with Crippen molar-refractivity contribution in [3.05, 3.63) is 76.5 Å². The normalized spacial score (nSPS) is 15.0. The van der Waals surface area contributed by atoms with E-state index in [1.807, 2.05) is 0 Å². The van der Waals surface area contributed by atoms with Gasteiger partial charge in [0.15, 0.2) is 8.07 Å². The Balaban J connectivity index is 2.41. The molecule has 0 radical (unpaired) electrons. The van der Waals surface area contributed by atoms with Crippen LogP contribution < -0.4 is 45.0 Å². The van der Waals surface area contributed by atoms with Crippen LogP contribution in [0.2, 0.25) is 0 Å². The summed E-state index contributed by atoms with van der Waals surface area (Å²) in [5, 5.41) is 5.82. The molecule has 4 rings (SSSR count). The summed E-state index contributed by atoms with van der Waals surface area (Å²) in [5.74, 6) is 0.314. The molecule has 6 nitrogen and oxygen atoms in total. The molecule has 1 atom stereocenters. The standard InChI is InChI=1S/C39H58N6Si/c1-26-27(2)29(4)39(28(26)3)46(36-20-30(40(5)6)17-31(21-36)41(7)8,37-22-32(42(9)10)18-33(23-37)43(11)12)38-24-34(44(13)14)19-35(25-38)45(15)16/h17-25,28H,1-16H3. The summed E-state index contributed by atoms with van der Waals surface area (Å²) in [5.41, 5.74) is 11.7. The second-order valence-electron chi connectivity index (χ2n) is 14.4. The van der Waals surface area contributed by atoms with Crippen LogP contribution >= 0.6 is 0 Å². The van der Waals surface area contributed by atoms with Crippen LogP contribution in [0.3, 0.4) is 0 Å². The fourth-order valence-electron chi connectivity index (χ4n) is 6.92. The van der Waals surface area contributed by atoms with E-state index in [1.165, 1.54) is 66.4 Å². The van der Waals surface area contributed by atoms with Gasteiger partial charge in [0, 0.05) is 119 Å². The van der Waals surface area contributed by atoms with Crippen molar-refractivity contribution in [1.82, 2.24) is 0 Å². The molecule has 1 aliphatic rings. The third-order valence-corrected chi connectivity index (χ3v) is 15.2. The third-order valence-electron chi connectivity index (χ3n) is 10.1. The Morgan fingerprint density at radius 3 is 0.804 bits per heavy atom. The van der Waals surface area contributed by atoms with Gasteiger partial charge in [-0.25, -0.2) is 0 Å². The number of allylic oxidation sites excluding steroid dienone is 4. The van der Waals surface area contributed by atoms with Gasteiger partial charge in [-0.3, -0.25) is 0 Å². The molecule has 0 aliphatic heterocycles. The summed E-state index contributed by atoms with van der Waals surface area (Å²) < 4.78 is 0. The van der Waals surface area contributed by atoms with Crippen LogP contribution in [0.1, 0.15) is 27.7 Å². The highest BCUT2D eigenvalue weighted by atomic mass is 28.3. The van der Waals surface area contributed by atoms with Gasteiger partial charge in [0.1, 0.15) is 0 Å². The zero-order valence-corrected chi connectivity index (χ0v) is 32.5. The molecule has 7 heteroatoms. The average Bonchev–Trinajstić information content (AvgIpc) is 3.19. The van der Waals surface area contributed by atoms with Gasteiger partial charge in [-0.1, -0.05) is 23.3 Å². The number of hydrogen-bond acceptors (Lipinski definition) is 6. The van der Waals surface area contributed by atoms with Crippen molar-refractivity contribution >= 4 is 57.8 Å². The van der Waals surface area contributed by atoms with Crippen molar-refractivity contribution in [1.29, 1.82) is 0 Å². The van der Waals surface area contributed by atoms with E-state index >= 15 is 0 Å². The van der Waals surface area contributed by atoms with Gasteiger partial charge in [0.2, 0.25) is 0 Å². The second kappa shape index (κ2) is 13.1. The molecule has 1 aliphatic carbocycles. The van der Waals surface area contributed by atoms with Crippen molar-refractivity contribution in [2.45, 2.75) is 27.7 Å². The molecule has 0 spiro atoms. The van der Waals surface area contributed by atoms with Crippen molar-refractivity contribution in [2.75, 3.05) is 114 Å². The van der Waals surface area contributed by atoms with Gasteiger partial charge in [0.05, 0.1) is 0 Å². The van der Waals surface area contributed by atoms with Gasteiger partial charge >= 0.3 is 0 Å². The van der Waals surface area contributed by atoms with Crippen LogP contribution in [0.5, 0.6) is 0 Å². The molecular weight excluding hydrogens is 581 g/mol. The fourth-order valence-corrected chi connectivity index (χ4v) is 12.7. The first kappa shape index (κ1) is 35.0. The molecule has 0 heterocycles. The van der Waals surface area contributed by atoms with Crippen LogP contribution in [-0.2, 0) is 0 Å². The van der Waals surface area contributed by atoms with Crippen molar-refractivity contribution < 1.29 is 0 Å². The maximum absolute atomic E-state index is 2.99. The summed E-state index contributed by atoms with van der Waals surface area (Å²) in [6.45, 7) is 9.51. The first-order valence-electron chi connectivity index (χ1n) is 16.3. The zero-order chi connectivity index (χ0) is 34.4. The maximum Gasteiger partial charge on any atom is 0.176 e. The van der Waals surface area contributed by atoms with Crippen LogP contribution in [0.25, 0.3) is 0 Å². The number of anilines is 6. The van der Waals surface area contributed by atoms with E-state index in [-0.39, 0.29) is 0 Å². The lowest BCUT2D eigenvalue weighted by Gasteiger charge is -2.41. The van der Waals surface area contributed by atoms with E-state index in [1.54, 1.807) is 5.20 Å². The molecule has 46 heavy (non-hydrogen) atoms. The smallest absolute Gasteiger partial charge is 0.176 e. The Bertz CT molecular complexity index is 1430. The zero-order valence-electron chi connectivity index (χ0n) is 31.5. The van der Waals surface area contributed by atoms with E-state index in [9.17, 15) is 0 Å². The quantitative estimate of drug-likeness (QED) is 0.218. The SMILES string of the molecule is CC1=C(C)C(C)C([Si](c2cc(N(C)C)cc(N(C)C)c2)(c2cc(N(C)C)cc(N(C)C)c2)c2cc(N(C)C)cc(N(C)C)c2)=C1C. The summed E-state index contributed by atoms with van der Waals surface area (Å²) in [4.78, 5) is 13.5. The van der Waals surface area contributed by atoms with E-state index in [0.29, 0.717) is 5.92 Å². The Kier molecular flexibility index (Phi) is 9.98. The molecule has 1 unspecified atom stereocenters. The highest BCUT2D eigenvalue weighted by Gasteiger charge is 2.49. The number of nitrogens with zero attached hydrogens (tertiary/aromatic N) is 6. The van der Waals surface area contributed by atoms with E-state index in [2.05, 4.69) is 196 Å². The molecule has 0 saturated heterocycles. The van der Waals surface area contributed by atoms with Gasteiger partial charge < -0.3 is 29.4 Å². The summed E-state index contributed by atoms with van der Waals surface area (Å²) in [6, 6.07) is 21.9. The minimum Gasteiger partial charge on any atom is -0.378 e. The molecular formula is C39H58N6Si. The predicted molar refractivity (Wildman–Crippen MR) is 210 cm³/mol. The van der Waals surface area contributed by atoms with Crippen molar-refractivity contribution in [3.8, 4) is 0 Å². The van der Waals surface area contributed by atoms with Gasteiger partial charge in [-0.15, -0.1) is 0 Å². The average molecular weight is 639 g/mol. The Morgan fingerprint density at radius 2 is 0.630 bits per heavy atom. The lowest BCUT2D eigenvalue weighted by atomic mass is 10.1. The third kappa shape index (κ3) is 6.14. The molecule has 0 saturated carbocycles. The monoisotopic (exact) mass is 638 g/mol. The maximum atomic E-state index is 2.49. The topological polar surface area (TPSA) is 19.4 Å². The van der Waals surface area contributed by atoms with E-state index in [4.69, 9.17) is 0 Å². The van der Waals surface area contributed by atoms with Crippen LogP contribution in [0, 0.1) is 5.92 Å². The van der Waals surface area contributed by atoms with Crippen molar-refractivity contribution in [2.24, 2.45) is 5.92 Å². The molecule has 0 fully saturated rings. The van der Waals surface area contributed by atoms with Crippen LogP contribution in [-0.4, -0.2) is 92.6 Å². The minimum atomic E-state index is -2.99. The minimum absolute atomic E-state index is 0.314. The van der Waals surface area contributed by atoms with Gasteiger partial charge in [0.25, 0.3) is 0 Å². The first-order valence-corrected chi connectivity index (χ1v) is 18.3. The molecule has 0 bridgehead atoms.